The van der Waals surface area contributed by atoms with Crippen molar-refractivity contribution in [3.05, 3.63) is 94.9 Å². The van der Waals surface area contributed by atoms with Crippen molar-refractivity contribution < 1.29 is 18.0 Å². The molecule has 1 amide bonds. The first kappa shape index (κ1) is 27.7. The van der Waals surface area contributed by atoms with Crippen LogP contribution in [0.25, 0.3) is 10.9 Å². The average molecular weight is 549 g/mol. The first-order valence-corrected chi connectivity index (χ1v) is 13.8. The van der Waals surface area contributed by atoms with Crippen molar-refractivity contribution in [3.8, 4) is 0 Å². The first-order valence-electron chi connectivity index (χ1n) is 13.8. The van der Waals surface area contributed by atoms with Gasteiger partial charge >= 0.3 is 12.2 Å². The quantitative estimate of drug-likeness (QED) is 0.256. The number of anilines is 1. The molecular weight excluding hydrogens is 513 g/mol. The van der Waals surface area contributed by atoms with Crippen LogP contribution in [0.15, 0.2) is 66.9 Å². The second kappa shape index (κ2) is 11.0. The SMILES string of the molecule is CC(C)(C)c1c(Cc2ccccc2)c2ccc(NC3CCCC3)cc2n1C(=O)NCc1ccc(C(F)(F)F)nc1. The molecule has 8 heteroatoms. The van der Waals surface area contributed by atoms with Gasteiger partial charge in [0, 0.05) is 41.0 Å². The smallest absolute Gasteiger partial charge is 0.382 e. The molecule has 0 atom stereocenters. The molecule has 0 radical (unpaired) electrons. The summed E-state index contributed by atoms with van der Waals surface area (Å²) in [6, 6.07) is 18.8. The third-order valence-electron chi connectivity index (χ3n) is 7.50. The maximum atomic E-state index is 13.9. The number of rotatable bonds is 6. The number of benzene rings is 2. The van der Waals surface area contributed by atoms with E-state index in [2.05, 4.69) is 66.7 Å². The maximum Gasteiger partial charge on any atom is 0.433 e. The lowest BCUT2D eigenvalue weighted by Crippen LogP contribution is -2.32. The van der Waals surface area contributed by atoms with Crippen molar-refractivity contribution in [1.82, 2.24) is 14.9 Å². The van der Waals surface area contributed by atoms with Crippen LogP contribution in [0, 0.1) is 0 Å². The zero-order valence-electron chi connectivity index (χ0n) is 23.1. The first-order chi connectivity index (χ1) is 19.0. The van der Waals surface area contributed by atoms with E-state index in [1.165, 1.54) is 18.9 Å². The van der Waals surface area contributed by atoms with Gasteiger partial charge in [0.15, 0.2) is 0 Å². The molecule has 1 aliphatic rings. The number of alkyl halides is 3. The monoisotopic (exact) mass is 548 g/mol. The minimum absolute atomic E-state index is 0.0568. The lowest BCUT2D eigenvalue weighted by atomic mass is 9.86. The average Bonchev–Trinajstić information content (AvgIpc) is 3.53. The van der Waals surface area contributed by atoms with E-state index >= 15 is 0 Å². The molecule has 0 aliphatic heterocycles. The minimum Gasteiger partial charge on any atom is -0.382 e. The van der Waals surface area contributed by atoms with E-state index in [1.54, 1.807) is 4.57 Å². The minimum atomic E-state index is -4.51. The number of hydrogen-bond donors (Lipinski definition) is 2. The van der Waals surface area contributed by atoms with Crippen LogP contribution >= 0.6 is 0 Å². The highest BCUT2D eigenvalue weighted by molar-refractivity contribution is 5.97. The largest absolute Gasteiger partial charge is 0.433 e. The van der Waals surface area contributed by atoms with E-state index in [-0.39, 0.29) is 18.0 Å². The summed E-state index contributed by atoms with van der Waals surface area (Å²) in [5.74, 6) is 0. The molecule has 1 fully saturated rings. The molecule has 2 aromatic heterocycles. The number of fused-ring (bicyclic) bond motifs is 1. The highest BCUT2D eigenvalue weighted by Crippen LogP contribution is 2.37. The van der Waals surface area contributed by atoms with Gasteiger partial charge in [0.2, 0.25) is 0 Å². The molecule has 2 heterocycles. The summed E-state index contributed by atoms with van der Waals surface area (Å²) in [4.78, 5) is 17.4. The van der Waals surface area contributed by atoms with Gasteiger partial charge in [-0.15, -0.1) is 0 Å². The fourth-order valence-corrected chi connectivity index (χ4v) is 5.68. The molecule has 4 aromatic rings. The van der Waals surface area contributed by atoms with Crippen molar-refractivity contribution in [1.29, 1.82) is 0 Å². The molecule has 0 saturated heterocycles. The Labute approximate surface area is 232 Å². The zero-order chi connectivity index (χ0) is 28.5. The Balaban J connectivity index is 1.55. The summed E-state index contributed by atoms with van der Waals surface area (Å²) < 4.78 is 40.6. The molecule has 1 aliphatic carbocycles. The molecule has 210 valence electrons. The summed E-state index contributed by atoms with van der Waals surface area (Å²) in [6.07, 6.45) is 2.02. The number of carbonyl (C=O) groups is 1. The molecule has 0 unspecified atom stereocenters. The molecule has 5 rings (SSSR count). The summed E-state index contributed by atoms with van der Waals surface area (Å²) in [7, 11) is 0. The van der Waals surface area contributed by atoms with Crippen LogP contribution < -0.4 is 10.6 Å². The van der Waals surface area contributed by atoms with E-state index in [0.717, 1.165) is 58.5 Å². The molecule has 5 nitrogen and oxygen atoms in total. The van der Waals surface area contributed by atoms with Crippen molar-refractivity contribution in [2.24, 2.45) is 0 Å². The highest BCUT2D eigenvalue weighted by Gasteiger charge is 2.32. The molecular formula is C32H35F3N4O. The van der Waals surface area contributed by atoms with Gasteiger partial charge in [-0.1, -0.05) is 76.1 Å². The second-order valence-electron chi connectivity index (χ2n) is 11.6. The number of aromatic nitrogens is 2. The lowest BCUT2D eigenvalue weighted by molar-refractivity contribution is -0.141. The fraction of sp³-hybridized carbons (Fsp3) is 0.375. The van der Waals surface area contributed by atoms with E-state index < -0.39 is 11.9 Å². The van der Waals surface area contributed by atoms with Crippen LogP contribution in [0.1, 0.15) is 74.5 Å². The summed E-state index contributed by atoms with van der Waals surface area (Å²) >= 11 is 0. The molecule has 40 heavy (non-hydrogen) atoms. The van der Waals surface area contributed by atoms with Crippen LogP contribution in [-0.2, 0) is 24.6 Å². The van der Waals surface area contributed by atoms with Crippen LogP contribution in [0.3, 0.4) is 0 Å². The molecule has 0 spiro atoms. The number of carbonyl (C=O) groups excluding carboxylic acids is 1. The number of pyridine rings is 1. The normalized spacial score (nSPS) is 14.6. The highest BCUT2D eigenvalue weighted by atomic mass is 19.4. The number of hydrogen-bond acceptors (Lipinski definition) is 3. The predicted octanol–water partition coefficient (Wildman–Crippen LogP) is 8.06. The van der Waals surface area contributed by atoms with E-state index in [9.17, 15) is 18.0 Å². The maximum absolute atomic E-state index is 13.9. The Hall–Kier alpha value is -3.81. The van der Waals surface area contributed by atoms with Crippen LogP contribution in [0.2, 0.25) is 0 Å². The number of nitrogens with zero attached hydrogens (tertiary/aromatic N) is 2. The van der Waals surface area contributed by atoms with Crippen molar-refractivity contribution in [3.63, 3.8) is 0 Å². The Kier molecular flexibility index (Phi) is 7.62. The van der Waals surface area contributed by atoms with Crippen molar-refractivity contribution >= 4 is 22.6 Å². The van der Waals surface area contributed by atoms with E-state index in [0.29, 0.717) is 18.0 Å². The number of amides is 1. The van der Waals surface area contributed by atoms with E-state index in [4.69, 9.17) is 0 Å². The fourth-order valence-electron chi connectivity index (χ4n) is 5.68. The van der Waals surface area contributed by atoms with Crippen LogP contribution in [0.4, 0.5) is 23.7 Å². The van der Waals surface area contributed by atoms with Gasteiger partial charge in [0.25, 0.3) is 0 Å². The molecule has 1 saturated carbocycles. The van der Waals surface area contributed by atoms with Crippen LogP contribution in [-0.4, -0.2) is 21.6 Å². The van der Waals surface area contributed by atoms with E-state index in [1.807, 2.05) is 18.2 Å². The third-order valence-corrected chi connectivity index (χ3v) is 7.50. The van der Waals surface area contributed by atoms with Gasteiger partial charge in [-0.3, -0.25) is 9.55 Å². The molecule has 2 aromatic carbocycles. The Morgan fingerprint density at radius 1 is 0.975 bits per heavy atom. The van der Waals surface area contributed by atoms with Gasteiger partial charge in [-0.05, 0) is 54.2 Å². The molecule has 0 bridgehead atoms. The third kappa shape index (κ3) is 6.01. The second-order valence-corrected chi connectivity index (χ2v) is 11.6. The van der Waals surface area contributed by atoms with Gasteiger partial charge in [-0.2, -0.15) is 13.2 Å². The lowest BCUT2D eigenvalue weighted by Gasteiger charge is -2.24. The Morgan fingerprint density at radius 2 is 1.70 bits per heavy atom. The molecule has 2 N–H and O–H groups in total. The summed E-state index contributed by atoms with van der Waals surface area (Å²) in [5.41, 5.74) is 4.10. The van der Waals surface area contributed by atoms with Crippen molar-refractivity contribution in [2.75, 3.05) is 5.32 Å². The topological polar surface area (TPSA) is 59.0 Å². The van der Waals surface area contributed by atoms with Crippen molar-refractivity contribution in [2.45, 2.75) is 77.1 Å². The Morgan fingerprint density at radius 3 is 2.33 bits per heavy atom. The zero-order valence-corrected chi connectivity index (χ0v) is 23.1. The summed E-state index contributed by atoms with van der Waals surface area (Å²) in [6.45, 7) is 6.34. The number of halogens is 3. The van der Waals surface area contributed by atoms with Gasteiger partial charge in [-0.25, -0.2) is 4.79 Å². The number of nitrogens with one attached hydrogen (secondary N) is 2. The standard InChI is InChI=1S/C32H35F3N4O/c1-31(2,3)29-26(17-21-9-5-4-6-10-21)25-15-14-24(38-23-11-7-8-12-23)18-27(25)39(29)30(40)37-20-22-13-16-28(36-19-22)32(33,34)35/h4-6,9-10,13-16,18-19,23,38H,7-8,11-12,17,20H2,1-3H3,(H,37,40). The van der Waals surface area contributed by atoms with Gasteiger partial charge in [0.05, 0.1) is 5.52 Å². The summed E-state index contributed by atoms with van der Waals surface area (Å²) in [5, 5.41) is 7.59. The van der Waals surface area contributed by atoms with Gasteiger partial charge in [0.1, 0.15) is 5.69 Å². The Bertz CT molecular complexity index is 1480. The predicted molar refractivity (Wildman–Crippen MR) is 153 cm³/mol. The van der Waals surface area contributed by atoms with Gasteiger partial charge < -0.3 is 10.6 Å². The van der Waals surface area contributed by atoms with Crippen LogP contribution in [0.5, 0.6) is 0 Å².